The summed E-state index contributed by atoms with van der Waals surface area (Å²) >= 11 is 3.38. The number of halogens is 3. The highest BCUT2D eigenvalue weighted by Crippen LogP contribution is 2.30. The highest BCUT2D eigenvalue weighted by Gasteiger charge is 2.11. The van der Waals surface area contributed by atoms with Crippen molar-refractivity contribution >= 4 is 53.8 Å². The van der Waals surface area contributed by atoms with Crippen LogP contribution in [-0.2, 0) is 0 Å². The van der Waals surface area contributed by atoms with Crippen LogP contribution in [0.1, 0.15) is 5.56 Å². The molecule has 0 aliphatic rings. The Balaban J connectivity index is 2.45. The maximum Gasteiger partial charge on any atom is 0.160 e. The molecule has 2 aromatic rings. The molecule has 0 saturated heterocycles. The van der Waals surface area contributed by atoms with Crippen LogP contribution in [0.3, 0.4) is 0 Å². The number of nitrogen functional groups attached to an aromatic ring is 1. The van der Waals surface area contributed by atoms with E-state index < -0.39 is 11.6 Å². The van der Waals surface area contributed by atoms with Crippen molar-refractivity contribution in [2.24, 2.45) is 0 Å². The van der Waals surface area contributed by atoms with Crippen molar-refractivity contribution in [3.8, 4) is 0 Å². The van der Waals surface area contributed by atoms with Crippen LogP contribution in [0.15, 0.2) is 28.7 Å². The standard InChI is InChI=1S/C13H11BrF2N3P/c14-11-10(3-6(5-17)12(18)13(11)20)19-7-1-2-8(15)9(16)4-7/h1-5,17,19H,18,20H2. The number of benzene rings is 2. The van der Waals surface area contributed by atoms with Crippen LogP contribution in [0.25, 0.3) is 0 Å². The topological polar surface area (TPSA) is 61.9 Å². The molecule has 1 atom stereocenters. The van der Waals surface area contributed by atoms with Gasteiger partial charge < -0.3 is 16.5 Å². The van der Waals surface area contributed by atoms with Crippen molar-refractivity contribution in [1.29, 1.82) is 5.41 Å². The van der Waals surface area contributed by atoms with Gasteiger partial charge in [0.05, 0.1) is 10.2 Å². The zero-order chi connectivity index (χ0) is 14.9. The van der Waals surface area contributed by atoms with E-state index in [9.17, 15) is 8.78 Å². The second kappa shape index (κ2) is 5.85. The van der Waals surface area contributed by atoms with E-state index in [-0.39, 0.29) is 0 Å². The van der Waals surface area contributed by atoms with Crippen LogP contribution in [0.4, 0.5) is 25.8 Å². The van der Waals surface area contributed by atoms with Gasteiger partial charge in [0.2, 0.25) is 0 Å². The van der Waals surface area contributed by atoms with E-state index in [0.29, 0.717) is 32.4 Å². The van der Waals surface area contributed by atoms with Crippen LogP contribution >= 0.6 is 25.2 Å². The second-order valence-electron chi connectivity index (χ2n) is 4.05. The minimum atomic E-state index is -0.931. The fourth-order valence-corrected chi connectivity index (χ4v) is 2.40. The Labute approximate surface area is 125 Å². The molecule has 7 heteroatoms. The molecule has 1 unspecified atom stereocenters. The van der Waals surface area contributed by atoms with Gasteiger partial charge in [-0.05, 0) is 34.1 Å². The van der Waals surface area contributed by atoms with Gasteiger partial charge in [-0.15, -0.1) is 9.24 Å². The Bertz CT molecular complexity index is 692. The second-order valence-corrected chi connectivity index (χ2v) is 5.42. The molecule has 0 aliphatic heterocycles. The number of nitrogens with one attached hydrogen (secondary N) is 2. The molecule has 0 heterocycles. The van der Waals surface area contributed by atoms with E-state index >= 15 is 0 Å². The number of hydrogen-bond donors (Lipinski definition) is 3. The third kappa shape index (κ3) is 2.81. The SMILES string of the molecule is N=Cc1cc(Nc2ccc(F)c(F)c2)c(Br)c(P)c1N. The highest BCUT2D eigenvalue weighted by atomic mass is 79.9. The van der Waals surface area contributed by atoms with Gasteiger partial charge in [0.15, 0.2) is 11.6 Å². The van der Waals surface area contributed by atoms with Crippen molar-refractivity contribution < 1.29 is 8.78 Å². The summed E-state index contributed by atoms with van der Waals surface area (Å²) in [6.07, 6.45) is 1.13. The lowest BCUT2D eigenvalue weighted by atomic mass is 10.1. The van der Waals surface area contributed by atoms with Crippen LogP contribution in [0, 0.1) is 17.0 Å². The summed E-state index contributed by atoms with van der Waals surface area (Å²) in [4.78, 5) is 0. The first-order valence-corrected chi connectivity index (χ1v) is 6.91. The van der Waals surface area contributed by atoms with Crippen molar-refractivity contribution in [2.45, 2.75) is 0 Å². The summed E-state index contributed by atoms with van der Waals surface area (Å²) in [5.41, 5.74) is 7.86. The Hall–Kier alpha value is -1.52. The fourth-order valence-electron chi connectivity index (χ4n) is 1.66. The average Bonchev–Trinajstić information content (AvgIpc) is 2.43. The largest absolute Gasteiger partial charge is 0.398 e. The number of nitrogens with two attached hydrogens (primary N) is 1. The molecule has 0 bridgehead atoms. The van der Waals surface area contributed by atoms with Crippen molar-refractivity contribution in [1.82, 2.24) is 0 Å². The lowest BCUT2D eigenvalue weighted by Crippen LogP contribution is -2.09. The van der Waals surface area contributed by atoms with Gasteiger partial charge in [0.25, 0.3) is 0 Å². The van der Waals surface area contributed by atoms with E-state index in [1.54, 1.807) is 6.07 Å². The Morgan fingerprint density at radius 3 is 2.55 bits per heavy atom. The first-order chi connectivity index (χ1) is 9.43. The monoisotopic (exact) mass is 357 g/mol. The van der Waals surface area contributed by atoms with E-state index in [2.05, 4.69) is 30.5 Å². The summed E-state index contributed by atoms with van der Waals surface area (Å²) in [6.45, 7) is 0. The molecule has 4 N–H and O–H groups in total. The molecule has 0 aliphatic carbocycles. The van der Waals surface area contributed by atoms with Crippen molar-refractivity contribution in [2.75, 3.05) is 11.1 Å². The number of anilines is 3. The van der Waals surface area contributed by atoms with Crippen molar-refractivity contribution in [3.63, 3.8) is 0 Å². The summed E-state index contributed by atoms with van der Waals surface area (Å²) < 4.78 is 26.8. The normalized spacial score (nSPS) is 10.4. The van der Waals surface area contributed by atoms with Gasteiger partial charge in [0, 0.05) is 34.5 Å². The van der Waals surface area contributed by atoms with Crippen LogP contribution in [0.5, 0.6) is 0 Å². The van der Waals surface area contributed by atoms with Gasteiger partial charge in [-0.3, -0.25) is 0 Å². The van der Waals surface area contributed by atoms with Gasteiger partial charge >= 0.3 is 0 Å². The quantitative estimate of drug-likeness (QED) is 0.447. The van der Waals surface area contributed by atoms with E-state index in [1.807, 2.05) is 0 Å². The maximum atomic E-state index is 13.2. The molecule has 2 rings (SSSR count). The molecule has 0 spiro atoms. The predicted molar refractivity (Wildman–Crippen MR) is 85.4 cm³/mol. The minimum Gasteiger partial charge on any atom is -0.398 e. The zero-order valence-electron chi connectivity index (χ0n) is 10.2. The first kappa shape index (κ1) is 14.9. The van der Waals surface area contributed by atoms with E-state index in [0.717, 1.165) is 18.3 Å². The predicted octanol–water partition coefficient (Wildman–Crippen LogP) is 3.55. The van der Waals surface area contributed by atoms with Gasteiger partial charge in [-0.2, -0.15) is 0 Å². The third-order valence-electron chi connectivity index (χ3n) is 2.73. The summed E-state index contributed by atoms with van der Waals surface area (Å²) in [5, 5.41) is 11.0. The first-order valence-electron chi connectivity index (χ1n) is 5.54. The Morgan fingerprint density at radius 2 is 1.95 bits per heavy atom. The molecule has 0 saturated carbocycles. The molecule has 0 aromatic heterocycles. The summed E-state index contributed by atoms with van der Waals surface area (Å²) in [6, 6.07) is 5.18. The molecule has 2 aromatic carbocycles. The molecule has 20 heavy (non-hydrogen) atoms. The zero-order valence-corrected chi connectivity index (χ0v) is 12.9. The van der Waals surface area contributed by atoms with E-state index in [1.165, 1.54) is 6.07 Å². The molecule has 0 fully saturated rings. The molecule has 0 radical (unpaired) electrons. The maximum absolute atomic E-state index is 13.2. The van der Waals surface area contributed by atoms with Crippen LogP contribution in [0.2, 0.25) is 0 Å². The summed E-state index contributed by atoms with van der Waals surface area (Å²) in [7, 11) is 2.48. The fraction of sp³-hybridized carbons (Fsp3) is 0. The van der Waals surface area contributed by atoms with Gasteiger partial charge in [0.1, 0.15) is 0 Å². The third-order valence-corrected chi connectivity index (χ3v) is 4.60. The lowest BCUT2D eigenvalue weighted by molar-refractivity contribution is 0.509. The smallest absolute Gasteiger partial charge is 0.160 e. The van der Waals surface area contributed by atoms with Gasteiger partial charge in [-0.25, -0.2) is 8.78 Å². The van der Waals surface area contributed by atoms with Crippen LogP contribution in [-0.4, -0.2) is 6.21 Å². The molecule has 0 amide bonds. The average molecular weight is 358 g/mol. The number of rotatable bonds is 3. The van der Waals surface area contributed by atoms with Crippen molar-refractivity contribution in [3.05, 3.63) is 45.9 Å². The summed E-state index contributed by atoms with van der Waals surface area (Å²) in [5.74, 6) is -1.83. The van der Waals surface area contributed by atoms with E-state index in [4.69, 9.17) is 11.1 Å². The molecular weight excluding hydrogens is 347 g/mol. The molecule has 3 nitrogen and oxygen atoms in total. The van der Waals surface area contributed by atoms with Crippen LogP contribution < -0.4 is 16.4 Å². The molecular formula is C13H11BrF2N3P. The highest BCUT2D eigenvalue weighted by molar-refractivity contribution is 9.10. The number of hydrogen-bond acceptors (Lipinski definition) is 3. The Morgan fingerprint density at radius 1 is 1.25 bits per heavy atom. The lowest BCUT2D eigenvalue weighted by Gasteiger charge is -2.14. The minimum absolute atomic E-state index is 0.398. The van der Waals surface area contributed by atoms with Gasteiger partial charge in [-0.1, -0.05) is 0 Å². The Kier molecular flexibility index (Phi) is 4.35. The molecule has 104 valence electrons.